The maximum absolute atomic E-state index is 8.49. The summed E-state index contributed by atoms with van der Waals surface area (Å²) in [5, 5.41) is 2.47. The van der Waals surface area contributed by atoms with Crippen LogP contribution in [0.4, 0.5) is 0 Å². The molecule has 0 bridgehead atoms. The van der Waals surface area contributed by atoms with Crippen LogP contribution in [0.5, 0.6) is 5.75 Å². The van der Waals surface area contributed by atoms with Crippen molar-refractivity contribution in [2.45, 2.75) is 0 Å². The minimum atomic E-state index is -4.94. The van der Waals surface area contributed by atoms with Gasteiger partial charge in [-0.05, 0) is 46.8 Å². The van der Waals surface area contributed by atoms with Crippen molar-refractivity contribution in [3.8, 4) is 16.9 Å². The minimum absolute atomic E-state index is 0.881. The van der Waals surface area contributed by atoms with E-state index in [0.717, 1.165) is 5.75 Å². The molecule has 4 aromatic rings. The lowest BCUT2D eigenvalue weighted by molar-refractivity contribution is -2.00. The number of methoxy groups -OCH3 is 1. The summed E-state index contributed by atoms with van der Waals surface area (Å²) in [5.41, 5.74) is 3.56. The molecule has 27 heavy (non-hydrogen) atoms. The van der Waals surface area contributed by atoms with E-state index < -0.39 is 10.2 Å². The number of rotatable bonds is 2. The van der Waals surface area contributed by atoms with Gasteiger partial charge >= 0.3 is 0 Å². The van der Waals surface area contributed by atoms with Gasteiger partial charge in [-0.25, -0.2) is 18.6 Å². The number of halogens is 1. The van der Waals surface area contributed by atoms with Crippen molar-refractivity contribution in [2.75, 3.05) is 7.11 Å². The van der Waals surface area contributed by atoms with Crippen LogP contribution < -0.4 is 27.8 Å². The lowest BCUT2D eigenvalue weighted by Crippen LogP contribution is -2.68. The molecule has 2 aromatic carbocycles. The van der Waals surface area contributed by atoms with Gasteiger partial charge < -0.3 is 4.74 Å². The Morgan fingerprint density at radius 3 is 2.26 bits per heavy atom. The van der Waals surface area contributed by atoms with Crippen LogP contribution in [0.2, 0.25) is 0 Å². The molecule has 2 aromatic heterocycles. The number of hydrogen-bond acceptors (Lipinski definition) is 5. The monoisotopic (exact) mass is 385 g/mol. The second kappa shape index (κ2) is 7.87. The first kappa shape index (κ1) is 19.0. The molecule has 0 N–H and O–H groups in total. The first-order valence-corrected chi connectivity index (χ1v) is 9.17. The highest BCUT2D eigenvalue weighted by Gasteiger charge is 2.06. The summed E-state index contributed by atoms with van der Waals surface area (Å²) < 4.78 is 41.4. The lowest BCUT2D eigenvalue weighted by Gasteiger charge is -2.17. The molecule has 0 unspecified atom stereocenters. The van der Waals surface area contributed by atoms with Gasteiger partial charge in [0.1, 0.15) is 5.75 Å². The summed E-state index contributed by atoms with van der Waals surface area (Å²) in [6.45, 7) is 0. The molecule has 0 atom stereocenters. The van der Waals surface area contributed by atoms with Gasteiger partial charge in [0.25, 0.3) is 0 Å². The van der Waals surface area contributed by atoms with E-state index >= 15 is 0 Å². The van der Waals surface area contributed by atoms with Crippen molar-refractivity contribution in [1.82, 2.24) is 0 Å². The SMILES string of the molecule is COc1cccc(-c2ccc3c[n+]4ccccc4cc3c2)c1.[O-][Cl+3]([O-])([O-])[O-]. The summed E-state index contributed by atoms with van der Waals surface area (Å²) in [7, 11) is -3.25. The molecule has 0 aliphatic rings. The Kier molecular flexibility index (Phi) is 5.55. The third kappa shape index (κ3) is 5.13. The van der Waals surface area contributed by atoms with Crippen LogP contribution in [0.3, 0.4) is 0 Å². The predicted molar refractivity (Wildman–Crippen MR) is 89.1 cm³/mol. The molecule has 4 rings (SSSR count). The smallest absolute Gasteiger partial charge is 0.211 e. The quantitative estimate of drug-likeness (QED) is 0.341. The lowest BCUT2D eigenvalue weighted by atomic mass is 10.0. The summed E-state index contributed by atoms with van der Waals surface area (Å²) in [5.74, 6) is 0.881. The standard InChI is InChI=1S/C20H16NO.ClHO4/c1-22-20-7-4-5-15(13-20)16-8-9-17-14-21-10-3-2-6-19(21)12-18(17)11-16;2-1(3,4)5/h2-14H,1H3;(H,2,3,4,5)/q+1;/p-1. The number of benzene rings is 2. The van der Waals surface area contributed by atoms with Crippen molar-refractivity contribution >= 4 is 16.3 Å². The van der Waals surface area contributed by atoms with E-state index in [0.29, 0.717) is 0 Å². The highest BCUT2D eigenvalue weighted by molar-refractivity contribution is 5.88. The van der Waals surface area contributed by atoms with Crippen molar-refractivity contribution < 1.29 is 38.0 Å². The van der Waals surface area contributed by atoms with E-state index in [2.05, 4.69) is 65.3 Å². The zero-order valence-electron chi connectivity index (χ0n) is 14.4. The first-order chi connectivity index (χ1) is 12.8. The van der Waals surface area contributed by atoms with Crippen molar-refractivity contribution in [1.29, 1.82) is 0 Å². The number of aromatic nitrogens is 1. The topological polar surface area (TPSA) is 106 Å². The van der Waals surface area contributed by atoms with E-state index in [4.69, 9.17) is 23.4 Å². The Morgan fingerprint density at radius 1 is 0.778 bits per heavy atom. The summed E-state index contributed by atoms with van der Waals surface area (Å²) in [6.07, 6.45) is 4.24. The van der Waals surface area contributed by atoms with Crippen LogP contribution in [0.15, 0.2) is 79.1 Å². The van der Waals surface area contributed by atoms with Crippen LogP contribution in [0.25, 0.3) is 27.4 Å². The highest BCUT2D eigenvalue weighted by atomic mass is 35.7. The van der Waals surface area contributed by atoms with Gasteiger partial charge in [-0.1, -0.05) is 18.2 Å². The molecule has 6 nitrogen and oxygen atoms in total. The predicted octanol–water partition coefficient (Wildman–Crippen LogP) is -0.502. The molecule has 0 saturated carbocycles. The summed E-state index contributed by atoms with van der Waals surface area (Å²) >= 11 is 0. The fraction of sp³-hybridized carbons (Fsp3) is 0.0500. The van der Waals surface area contributed by atoms with Gasteiger partial charge in [-0.3, -0.25) is 0 Å². The molecule has 0 spiro atoms. The Hall–Kier alpha value is -2.74. The van der Waals surface area contributed by atoms with Crippen molar-refractivity contribution in [3.05, 3.63) is 79.1 Å². The summed E-state index contributed by atoms with van der Waals surface area (Å²) in [6, 6.07) is 23.2. The molecular formula is C20H16ClNO5. The van der Waals surface area contributed by atoms with Gasteiger partial charge in [0.15, 0.2) is 12.4 Å². The Morgan fingerprint density at radius 2 is 1.52 bits per heavy atom. The zero-order chi connectivity index (χ0) is 19.4. The van der Waals surface area contributed by atoms with Crippen molar-refractivity contribution in [2.24, 2.45) is 0 Å². The molecule has 0 amide bonds. The third-order valence-electron chi connectivity index (χ3n) is 3.99. The van der Waals surface area contributed by atoms with Gasteiger partial charge in [0.05, 0.1) is 7.11 Å². The zero-order valence-corrected chi connectivity index (χ0v) is 15.1. The number of pyridine rings is 2. The fourth-order valence-corrected chi connectivity index (χ4v) is 2.82. The number of fused-ring (bicyclic) bond motifs is 2. The summed E-state index contributed by atoms with van der Waals surface area (Å²) in [4.78, 5) is 0. The van der Waals surface area contributed by atoms with E-state index in [9.17, 15) is 0 Å². The van der Waals surface area contributed by atoms with E-state index in [1.807, 2.05) is 18.2 Å². The molecule has 0 aliphatic heterocycles. The van der Waals surface area contributed by atoms with Crippen molar-refractivity contribution in [3.63, 3.8) is 0 Å². The molecular weight excluding hydrogens is 370 g/mol. The molecule has 0 radical (unpaired) electrons. The van der Waals surface area contributed by atoms with Gasteiger partial charge in [-0.2, -0.15) is 4.40 Å². The minimum Gasteiger partial charge on any atom is -0.497 e. The molecule has 7 heteroatoms. The van der Waals surface area contributed by atoms with Crippen LogP contribution in [0, 0.1) is 10.2 Å². The molecule has 0 aliphatic carbocycles. The second-order valence-electron chi connectivity index (χ2n) is 5.76. The normalized spacial score (nSPS) is 11.1. The van der Waals surface area contributed by atoms with Crippen LogP contribution in [0.1, 0.15) is 0 Å². The largest absolute Gasteiger partial charge is 0.497 e. The number of hydrogen-bond donors (Lipinski definition) is 0. The maximum Gasteiger partial charge on any atom is 0.211 e. The Labute approximate surface area is 157 Å². The Balaban J connectivity index is 0.000000376. The molecule has 0 saturated heterocycles. The fourth-order valence-electron chi connectivity index (χ4n) is 2.82. The first-order valence-electron chi connectivity index (χ1n) is 7.93. The van der Waals surface area contributed by atoms with Gasteiger partial charge in [-0.15, -0.1) is 10.2 Å². The second-order valence-corrected chi connectivity index (χ2v) is 6.52. The third-order valence-corrected chi connectivity index (χ3v) is 3.99. The average Bonchev–Trinajstić information content (AvgIpc) is 2.64. The van der Waals surface area contributed by atoms with Crippen LogP contribution in [-0.2, 0) is 0 Å². The van der Waals surface area contributed by atoms with Gasteiger partial charge in [0.2, 0.25) is 5.52 Å². The molecule has 2 heterocycles. The number of nitrogens with zero attached hydrogens (tertiary/aromatic N) is 1. The van der Waals surface area contributed by atoms with Gasteiger partial charge in [0, 0.05) is 23.6 Å². The van der Waals surface area contributed by atoms with E-state index in [1.54, 1.807) is 7.11 Å². The van der Waals surface area contributed by atoms with E-state index in [1.165, 1.54) is 27.4 Å². The Bertz CT molecular complexity index is 1070. The average molecular weight is 386 g/mol. The molecule has 0 fully saturated rings. The van der Waals surface area contributed by atoms with Crippen LogP contribution >= 0.6 is 0 Å². The van der Waals surface area contributed by atoms with Crippen LogP contribution in [-0.4, -0.2) is 7.11 Å². The van der Waals surface area contributed by atoms with E-state index in [-0.39, 0.29) is 0 Å². The highest BCUT2D eigenvalue weighted by Crippen LogP contribution is 2.27. The number of ether oxygens (including phenoxy) is 1. The maximum atomic E-state index is 8.49. The molecule has 138 valence electrons.